The van der Waals surface area contributed by atoms with Gasteiger partial charge in [-0.3, -0.25) is 10.1 Å². The zero-order chi connectivity index (χ0) is 15.4. The van der Waals surface area contributed by atoms with E-state index >= 15 is 0 Å². The smallest absolute Gasteiger partial charge is 0.317 e. The van der Waals surface area contributed by atoms with Gasteiger partial charge in [0.2, 0.25) is 0 Å². The first kappa shape index (κ1) is 14.6. The summed E-state index contributed by atoms with van der Waals surface area (Å²) < 4.78 is 0. The van der Waals surface area contributed by atoms with Crippen LogP contribution in [0.3, 0.4) is 0 Å². The molecule has 7 nitrogen and oxygen atoms in total. The van der Waals surface area contributed by atoms with Crippen molar-refractivity contribution < 1.29 is 9.59 Å². The topological polar surface area (TPSA) is 126 Å². The van der Waals surface area contributed by atoms with Gasteiger partial charge in [-0.2, -0.15) is 0 Å². The van der Waals surface area contributed by atoms with E-state index in [-0.39, 0.29) is 11.4 Å². The number of H-pyrrole nitrogens is 1. The Kier molecular flexibility index (Phi) is 4.24. The van der Waals surface area contributed by atoms with Crippen molar-refractivity contribution in [2.45, 2.75) is 6.54 Å². The molecule has 0 unspecified atom stereocenters. The summed E-state index contributed by atoms with van der Waals surface area (Å²) in [6, 6.07) is 8.58. The number of nitrogens with two attached hydrogens (primary N) is 2. The summed E-state index contributed by atoms with van der Waals surface area (Å²) in [5.41, 5.74) is 13.2. The maximum atomic E-state index is 11.4. The lowest BCUT2D eigenvalue weighted by Gasteiger charge is -2.03. The Morgan fingerprint density at radius 1 is 1.24 bits per heavy atom. The van der Waals surface area contributed by atoms with Crippen LogP contribution in [0, 0.1) is 0 Å². The fraction of sp³-hybridized carbons (Fsp3) is 0.143. The van der Waals surface area contributed by atoms with Crippen molar-refractivity contribution in [2.24, 2.45) is 11.5 Å². The number of hydrogen-bond donors (Lipinski definition) is 5. The third-order valence-corrected chi connectivity index (χ3v) is 2.95. The van der Waals surface area contributed by atoms with Gasteiger partial charge in [-0.05, 0) is 30.3 Å². The van der Waals surface area contributed by atoms with Crippen LogP contribution in [0.25, 0.3) is 11.3 Å². The predicted molar refractivity (Wildman–Crippen MR) is 80.7 cm³/mol. The van der Waals surface area contributed by atoms with E-state index in [9.17, 15) is 9.59 Å². The minimum atomic E-state index is -0.769. The summed E-state index contributed by atoms with van der Waals surface area (Å²) in [5, 5.41) is 5.42. The van der Waals surface area contributed by atoms with Crippen molar-refractivity contribution in [3.8, 4) is 11.3 Å². The normalized spacial score (nSPS) is 10.3. The van der Waals surface area contributed by atoms with Crippen LogP contribution < -0.4 is 22.1 Å². The second kappa shape index (κ2) is 6.10. The van der Waals surface area contributed by atoms with Crippen LogP contribution in [-0.4, -0.2) is 24.0 Å². The van der Waals surface area contributed by atoms with Gasteiger partial charge in [0.25, 0.3) is 5.91 Å². The molecule has 0 bridgehead atoms. The highest BCUT2D eigenvalue weighted by Gasteiger charge is 2.15. The lowest BCUT2D eigenvalue weighted by atomic mass is 10.1. The van der Waals surface area contributed by atoms with Crippen molar-refractivity contribution in [1.82, 2.24) is 10.3 Å². The molecule has 0 radical (unpaired) electrons. The SMILES string of the molecule is CNCc1cccc(-c2cc(C(N)=O)c(NC(N)=O)[nH]2)c1. The summed E-state index contributed by atoms with van der Waals surface area (Å²) in [7, 11) is 1.86. The number of amides is 3. The minimum Gasteiger partial charge on any atom is -0.365 e. The molecule has 2 aromatic rings. The van der Waals surface area contributed by atoms with E-state index in [0.29, 0.717) is 5.69 Å². The average molecular weight is 287 g/mol. The fourth-order valence-electron chi connectivity index (χ4n) is 2.08. The molecule has 21 heavy (non-hydrogen) atoms. The summed E-state index contributed by atoms with van der Waals surface area (Å²) in [4.78, 5) is 25.3. The molecule has 0 aliphatic heterocycles. The number of nitrogens with one attached hydrogen (secondary N) is 3. The Labute approximate surface area is 121 Å². The summed E-state index contributed by atoms with van der Waals surface area (Å²) in [6.45, 7) is 0.726. The molecule has 0 aliphatic rings. The molecule has 3 amide bonds. The zero-order valence-electron chi connectivity index (χ0n) is 11.6. The highest BCUT2D eigenvalue weighted by Crippen LogP contribution is 2.25. The van der Waals surface area contributed by atoms with Crippen LogP contribution in [0.2, 0.25) is 0 Å². The molecule has 110 valence electrons. The molecule has 0 saturated carbocycles. The van der Waals surface area contributed by atoms with Gasteiger partial charge in [-0.1, -0.05) is 18.2 Å². The first-order valence-corrected chi connectivity index (χ1v) is 6.34. The number of aromatic amines is 1. The molecule has 1 aromatic carbocycles. The van der Waals surface area contributed by atoms with Gasteiger partial charge < -0.3 is 21.8 Å². The van der Waals surface area contributed by atoms with Gasteiger partial charge in [-0.25, -0.2) is 4.79 Å². The predicted octanol–water partition coefficient (Wildman–Crippen LogP) is 0.991. The number of aromatic nitrogens is 1. The van der Waals surface area contributed by atoms with E-state index in [4.69, 9.17) is 11.5 Å². The zero-order valence-corrected chi connectivity index (χ0v) is 11.6. The van der Waals surface area contributed by atoms with Gasteiger partial charge >= 0.3 is 6.03 Å². The molecule has 0 aliphatic carbocycles. The van der Waals surface area contributed by atoms with E-state index in [1.165, 1.54) is 0 Å². The van der Waals surface area contributed by atoms with Gasteiger partial charge in [0, 0.05) is 12.2 Å². The first-order valence-electron chi connectivity index (χ1n) is 6.34. The van der Waals surface area contributed by atoms with Gasteiger partial charge in [0.1, 0.15) is 5.82 Å². The number of carbonyl (C=O) groups is 2. The monoisotopic (exact) mass is 287 g/mol. The van der Waals surface area contributed by atoms with Crippen LogP contribution in [0.15, 0.2) is 30.3 Å². The number of rotatable bonds is 5. The Morgan fingerprint density at radius 3 is 2.62 bits per heavy atom. The van der Waals surface area contributed by atoms with Gasteiger partial charge in [-0.15, -0.1) is 0 Å². The van der Waals surface area contributed by atoms with E-state index in [1.807, 2.05) is 31.3 Å². The van der Waals surface area contributed by atoms with Crippen molar-refractivity contribution >= 4 is 17.8 Å². The molecule has 0 fully saturated rings. The lowest BCUT2D eigenvalue weighted by molar-refractivity contribution is 0.100. The molecule has 1 heterocycles. The van der Waals surface area contributed by atoms with E-state index in [2.05, 4.69) is 15.6 Å². The highest BCUT2D eigenvalue weighted by atomic mass is 16.2. The molecule has 0 saturated heterocycles. The van der Waals surface area contributed by atoms with Crippen molar-refractivity contribution in [1.29, 1.82) is 0 Å². The molecule has 1 aromatic heterocycles. The Bertz CT molecular complexity index is 678. The standard InChI is InChI=1S/C14H17N5O2/c1-17-7-8-3-2-4-9(5-8)11-6-10(12(15)20)13(18-11)19-14(16)21/h2-6,17-18H,7H2,1H3,(H2,15,20)(H3,16,19,21). The van der Waals surface area contributed by atoms with Crippen molar-refractivity contribution in [2.75, 3.05) is 12.4 Å². The number of hydrogen-bond acceptors (Lipinski definition) is 3. The largest absolute Gasteiger partial charge is 0.365 e. The summed E-state index contributed by atoms with van der Waals surface area (Å²) in [6.07, 6.45) is 0. The molecule has 7 N–H and O–H groups in total. The van der Waals surface area contributed by atoms with Gasteiger partial charge in [0.05, 0.1) is 5.56 Å². The van der Waals surface area contributed by atoms with E-state index in [0.717, 1.165) is 17.7 Å². The Balaban J connectivity index is 2.42. The maximum Gasteiger partial charge on any atom is 0.317 e. The first-order chi connectivity index (χ1) is 10.0. The highest BCUT2D eigenvalue weighted by molar-refractivity contribution is 6.02. The van der Waals surface area contributed by atoms with Crippen LogP contribution in [0.5, 0.6) is 0 Å². The van der Waals surface area contributed by atoms with E-state index in [1.54, 1.807) is 6.07 Å². The third-order valence-electron chi connectivity index (χ3n) is 2.95. The molecular formula is C14H17N5O2. The second-order valence-corrected chi connectivity index (χ2v) is 4.56. The molecule has 2 rings (SSSR count). The fourth-order valence-corrected chi connectivity index (χ4v) is 2.08. The average Bonchev–Trinajstić information content (AvgIpc) is 2.83. The number of urea groups is 1. The second-order valence-electron chi connectivity index (χ2n) is 4.56. The lowest BCUT2D eigenvalue weighted by Crippen LogP contribution is -2.22. The maximum absolute atomic E-state index is 11.4. The third kappa shape index (κ3) is 3.40. The van der Waals surface area contributed by atoms with Crippen LogP contribution >= 0.6 is 0 Å². The molecular weight excluding hydrogens is 270 g/mol. The quantitative estimate of drug-likeness (QED) is 0.563. The number of primary amides is 2. The molecule has 0 spiro atoms. The van der Waals surface area contributed by atoms with Crippen molar-refractivity contribution in [3.63, 3.8) is 0 Å². The van der Waals surface area contributed by atoms with Crippen LogP contribution in [0.1, 0.15) is 15.9 Å². The Morgan fingerprint density at radius 2 is 2.00 bits per heavy atom. The number of carbonyl (C=O) groups excluding carboxylic acids is 2. The molecule has 0 atom stereocenters. The molecule has 7 heteroatoms. The van der Waals surface area contributed by atoms with Crippen molar-refractivity contribution in [3.05, 3.63) is 41.5 Å². The summed E-state index contributed by atoms with van der Waals surface area (Å²) in [5.74, 6) is -0.448. The van der Waals surface area contributed by atoms with Gasteiger partial charge in [0.15, 0.2) is 0 Å². The number of anilines is 1. The number of benzene rings is 1. The van der Waals surface area contributed by atoms with Crippen LogP contribution in [0.4, 0.5) is 10.6 Å². The van der Waals surface area contributed by atoms with Crippen LogP contribution in [-0.2, 0) is 6.54 Å². The van der Waals surface area contributed by atoms with E-state index < -0.39 is 11.9 Å². The minimum absolute atomic E-state index is 0.183. The Hall–Kier alpha value is -2.80. The summed E-state index contributed by atoms with van der Waals surface area (Å²) >= 11 is 0.